The fraction of sp³-hybridized carbons (Fsp3) is 0.211. The third kappa shape index (κ3) is 5.71. The lowest BCUT2D eigenvalue weighted by Gasteiger charge is -2.08. The normalized spacial score (nSPS) is 12.1. The van der Waals surface area contributed by atoms with Gasteiger partial charge in [0.25, 0.3) is 0 Å². The number of aromatic amines is 1. The molecule has 7 nitrogen and oxygen atoms in total. The van der Waals surface area contributed by atoms with Crippen LogP contribution in [0, 0.1) is 0 Å². The summed E-state index contributed by atoms with van der Waals surface area (Å²) in [5.74, 6) is 1.30. The molecule has 1 aromatic heterocycles. The molecule has 0 saturated heterocycles. The molecule has 0 aliphatic heterocycles. The number of nitrogens with two attached hydrogens (primary N) is 1. The van der Waals surface area contributed by atoms with Crippen molar-refractivity contribution in [2.24, 2.45) is 5.16 Å². The summed E-state index contributed by atoms with van der Waals surface area (Å²) in [6.45, 7) is 2.03. The van der Waals surface area contributed by atoms with Gasteiger partial charge >= 0.3 is 6.18 Å². The van der Waals surface area contributed by atoms with E-state index in [1.807, 2.05) is 12.1 Å². The summed E-state index contributed by atoms with van der Waals surface area (Å²) in [6.07, 6.45) is -4.35. The second-order valence-corrected chi connectivity index (χ2v) is 6.10. The van der Waals surface area contributed by atoms with Crippen molar-refractivity contribution in [1.82, 2.24) is 15.2 Å². The molecule has 0 bridgehead atoms. The van der Waals surface area contributed by atoms with Crippen LogP contribution >= 0.6 is 0 Å². The van der Waals surface area contributed by atoms with Crippen molar-refractivity contribution in [3.05, 3.63) is 71.0 Å². The van der Waals surface area contributed by atoms with Crippen molar-refractivity contribution in [3.8, 4) is 5.75 Å². The van der Waals surface area contributed by atoms with Crippen molar-refractivity contribution >= 4 is 11.7 Å². The molecule has 29 heavy (non-hydrogen) atoms. The molecule has 0 saturated carbocycles. The van der Waals surface area contributed by atoms with Crippen LogP contribution in [0.1, 0.15) is 29.4 Å². The molecule has 0 radical (unpaired) electrons. The summed E-state index contributed by atoms with van der Waals surface area (Å²) in [5, 5.41) is 10.4. The van der Waals surface area contributed by atoms with Crippen LogP contribution in [0.4, 0.5) is 19.1 Å². The highest BCUT2D eigenvalue weighted by Gasteiger charge is 2.29. The largest absolute Gasteiger partial charge is 0.486 e. The lowest BCUT2D eigenvalue weighted by molar-refractivity contribution is -0.137. The van der Waals surface area contributed by atoms with Crippen molar-refractivity contribution in [3.63, 3.8) is 0 Å². The minimum absolute atomic E-state index is 0.0665. The number of oxime groups is 1. The summed E-state index contributed by atoms with van der Waals surface area (Å²) in [7, 11) is 0. The van der Waals surface area contributed by atoms with Crippen molar-refractivity contribution in [1.29, 1.82) is 0 Å². The van der Waals surface area contributed by atoms with E-state index >= 15 is 0 Å². The van der Waals surface area contributed by atoms with E-state index < -0.39 is 11.7 Å². The number of anilines is 1. The standard InChI is InChI=1S/C19H18F3N5O2/c1-12(27-29-10-13-2-6-15(7-3-13)19(20,21)22)14-4-8-16(9-5-14)28-11-17-24-18(23)26-25-17/h2-9H,10-11H2,1H3,(H3,23,24,25,26). The highest BCUT2D eigenvalue weighted by Crippen LogP contribution is 2.29. The van der Waals surface area contributed by atoms with E-state index in [1.54, 1.807) is 19.1 Å². The third-order valence-electron chi connectivity index (χ3n) is 3.91. The molecule has 2 aromatic carbocycles. The molecular weight excluding hydrogens is 387 g/mol. The van der Waals surface area contributed by atoms with Gasteiger partial charge in [-0.25, -0.2) is 0 Å². The first kappa shape index (κ1) is 20.2. The van der Waals surface area contributed by atoms with Crippen LogP contribution in [-0.2, 0) is 24.2 Å². The Balaban J connectivity index is 1.51. The molecule has 0 spiro atoms. The highest BCUT2D eigenvalue weighted by molar-refractivity contribution is 5.98. The zero-order valence-corrected chi connectivity index (χ0v) is 15.4. The zero-order valence-electron chi connectivity index (χ0n) is 15.4. The van der Waals surface area contributed by atoms with E-state index in [0.29, 0.717) is 22.8 Å². The van der Waals surface area contributed by atoms with Gasteiger partial charge in [-0.05, 0) is 54.4 Å². The van der Waals surface area contributed by atoms with Crippen LogP contribution in [0.3, 0.4) is 0 Å². The van der Waals surface area contributed by atoms with Gasteiger partial charge in [-0.3, -0.25) is 5.10 Å². The Labute approximate surface area is 164 Å². The maximum absolute atomic E-state index is 12.6. The topological polar surface area (TPSA) is 98.4 Å². The second kappa shape index (κ2) is 8.63. The van der Waals surface area contributed by atoms with Gasteiger partial charge in [0.15, 0.2) is 5.82 Å². The smallest absolute Gasteiger partial charge is 0.416 e. The minimum Gasteiger partial charge on any atom is -0.486 e. The molecule has 0 aliphatic carbocycles. The Kier molecular flexibility index (Phi) is 6.01. The predicted octanol–water partition coefficient (Wildman–Crippen LogP) is 3.93. The molecule has 3 rings (SSSR count). The van der Waals surface area contributed by atoms with E-state index in [4.69, 9.17) is 15.3 Å². The number of rotatable bonds is 7. The molecule has 0 amide bonds. The van der Waals surface area contributed by atoms with Crippen LogP contribution in [0.15, 0.2) is 53.7 Å². The Hall–Kier alpha value is -3.56. The summed E-state index contributed by atoms with van der Waals surface area (Å²) in [6, 6.07) is 11.9. The number of halogens is 3. The van der Waals surface area contributed by atoms with Gasteiger partial charge < -0.3 is 15.3 Å². The predicted molar refractivity (Wildman–Crippen MR) is 100 cm³/mol. The number of aromatic nitrogens is 3. The molecule has 0 atom stereocenters. The van der Waals surface area contributed by atoms with Gasteiger partial charge in [0, 0.05) is 0 Å². The van der Waals surface area contributed by atoms with Crippen LogP contribution in [-0.4, -0.2) is 20.9 Å². The molecule has 10 heteroatoms. The number of nitrogens with one attached hydrogen (secondary N) is 1. The number of ether oxygens (including phenoxy) is 1. The monoisotopic (exact) mass is 405 g/mol. The lowest BCUT2D eigenvalue weighted by atomic mass is 10.1. The molecular formula is C19H18F3N5O2. The maximum Gasteiger partial charge on any atom is 0.416 e. The number of H-pyrrole nitrogens is 1. The van der Waals surface area contributed by atoms with Crippen LogP contribution in [0.5, 0.6) is 5.75 Å². The highest BCUT2D eigenvalue weighted by atomic mass is 19.4. The Morgan fingerprint density at radius 1 is 1.07 bits per heavy atom. The molecule has 1 heterocycles. The van der Waals surface area contributed by atoms with E-state index in [1.165, 1.54) is 12.1 Å². The number of hydrogen-bond donors (Lipinski definition) is 2. The number of hydrogen-bond acceptors (Lipinski definition) is 6. The van der Waals surface area contributed by atoms with Gasteiger partial charge in [0.2, 0.25) is 5.95 Å². The average Bonchev–Trinajstić information content (AvgIpc) is 3.11. The zero-order chi connectivity index (χ0) is 20.9. The van der Waals surface area contributed by atoms with Gasteiger partial charge in [-0.2, -0.15) is 18.2 Å². The summed E-state index contributed by atoms with van der Waals surface area (Å²) in [4.78, 5) is 9.19. The molecule has 0 fully saturated rings. The maximum atomic E-state index is 12.6. The lowest BCUT2D eigenvalue weighted by Crippen LogP contribution is -2.04. The fourth-order valence-corrected chi connectivity index (χ4v) is 2.36. The Morgan fingerprint density at radius 2 is 1.76 bits per heavy atom. The first-order chi connectivity index (χ1) is 13.8. The molecule has 3 N–H and O–H groups in total. The quantitative estimate of drug-likeness (QED) is 0.459. The molecule has 3 aromatic rings. The Bertz CT molecular complexity index is 967. The number of nitrogen functional groups attached to an aromatic ring is 1. The fourth-order valence-electron chi connectivity index (χ4n) is 2.36. The van der Waals surface area contributed by atoms with Gasteiger partial charge in [0.05, 0.1) is 11.3 Å². The molecule has 0 unspecified atom stereocenters. The summed E-state index contributed by atoms with van der Waals surface area (Å²) < 4.78 is 43.2. The third-order valence-corrected chi connectivity index (χ3v) is 3.91. The number of nitrogens with zero attached hydrogens (tertiary/aromatic N) is 3. The minimum atomic E-state index is -4.35. The van der Waals surface area contributed by atoms with Crippen molar-refractivity contribution < 1.29 is 22.7 Å². The Morgan fingerprint density at radius 3 is 2.34 bits per heavy atom. The van der Waals surface area contributed by atoms with Gasteiger partial charge in [0.1, 0.15) is 19.0 Å². The first-order valence-corrected chi connectivity index (χ1v) is 8.54. The molecule has 0 aliphatic rings. The first-order valence-electron chi connectivity index (χ1n) is 8.54. The van der Waals surface area contributed by atoms with E-state index in [9.17, 15) is 13.2 Å². The van der Waals surface area contributed by atoms with E-state index in [2.05, 4.69) is 20.3 Å². The van der Waals surface area contributed by atoms with Gasteiger partial charge in [-0.15, -0.1) is 5.10 Å². The summed E-state index contributed by atoms with van der Waals surface area (Å²) in [5.41, 5.74) is 6.74. The van der Waals surface area contributed by atoms with Crippen LogP contribution in [0.25, 0.3) is 0 Å². The SMILES string of the molecule is CC(=NOCc1ccc(C(F)(F)F)cc1)c1ccc(OCc2nc(N)n[nH]2)cc1. The van der Waals surface area contributed by atoms with E-state index in [-0.39, 0.29) is 19.2 Å². The van der Waals surface area contributed by atoms with Crippen molar-refractivity contribution in [2.75, 3.05) is 5.73 Å². The number of benzene rings is 2. The van der Waals surface area contributed by atoms with Crippen LogP contribution in [0.2, 0.25) is 0 Å². The number of alkyl halides is 3. The summed E-state index contributed by atoms with van der Waals surface area (Å²) >= 11 is 0. The molecule has 152 valence electrons. The average molecular weight is 405 g/mol. The second-order valence-electron chi connectivity index (χ2n) is 6.10. The van der Waals surface area contributed by atoms with Crippen LogP contribution < -0.4 is 10.5 Å². The van der Waals surface area contributed by atoms with E-state index in [0.717, 1.165) is 17.7 Å². The van der Waals surface area contributed by atoms with Crippen molar-refractivity contribution in [2.45, 2.75) is 26.3 Å². The van der Waals surface area contributed by atoms with Gasteiger partial charge in [-0.1, -0.05) is 17.3 Å².